The van der Waals surface area contributed by atoms with E-state index in [-0.39, 0.29) is 17.3 Å². The van der Waals surface area contributed by atoms with Gasteiger partial charge in [0.05, 0.1) is 4.90 Å². The summed E-state index contributed by atoms with van der Waals surface area (Å²) in [6.07, 6.45) is 1.15. The van der Waals surface area contributed by atoms with E-state index < -0.39 is 9.84 Å². The molecule has 2 aromatic rings. The first-order chi connectivity index (χ1) is 9.36. The van der Waals surface area contributed by atoms with Crippen molar-refractivity contribution in [3.8, 4) is 0 Å². The Morgan fingerprint density at radius 1 is 1.20 bits per heavy atom. The van der Waals surface area contributed by atoms with Crippen LogP contribution in [0.25, 0.3) is 0 Å². The second-order valence-corrected chi connectivity index (χ2v) is 7.32. The predicted octanol–water partition coefficient (Wildman–Crippen LogP) is 3.60. The van der Waals surface area contributed by atoms with Crippen molar-refractivity contribution in [3.63, 3.8) is 0 Å². The summed E-state index contributed by atoms with van der Waals surface area (Å²) in [5, 5.41) is 3.02. The molecule has 0 radical (unpaired) electrons. The molecule has 0 bridgehead atoms. The van der Waals surface area contributed by atoms with Gasteiger partial charge in [-0.2, -0.15) is 0 Å². The topological polar surface area (TPSA) is 46.2 Å². The van der Waals surface area contributed by atoms with Crippen LogP contribution in [0.2, 0.25) is 0 Å². The van der Waals surface area contributed by atoms with Gasteiger partial charge in [0, 0.05) is 28.5 Å². The molecule has 0 aliphatic heterocycles. The Morgan fingerprint density at radius 3 is 2.65 bits per heavy atom. The molecule has 0 saturated carbocycles. The molecule has 0 atom stereocenters. The Labute approximate surface area is 125 Å². The molecular weight excluding hydrogens is 345 g/mol. The summed E-state index contributed by atoms with van der Waals surface area (Å²) in [7, 11) is -3.24. The van der Waals surface area contributed by atoms with Crippen molar-refractivity contribution < 1.29 is 12.8 Å². The lowest BCUT2D eigenvalue weighted by molar-refractivity contribution is 0.601. The molecule has 20 heavy (non-hydrogen) atoms. The summed E-state index contributed by atoms with van der Waals surface area (Å²) in [6, 6.07) is 11.1. The average Bonchev–Trinajstić information content (AvgIpc) is 2.39. The zero-order valence-corrected chi connectivity index (χ0v) is 13.1. The Morgan fingerprint density at radius 2 is 1.95 bits per heavy atom. The quantitative estimate of drug-likeness (QED) is 0.908. The molecule has 2 aromatic carbocycles. The zero-order valence-electron chi connectivity index (χ0n) is 10.7. The van der Waals surface area contributed by atoms with E-state index in [0.29, 0.717) is 11.3 Å². The molecule has 0 unspecified atom stereocenters. The molecule has 0 aromatic heterocycles. The van der Waals surface area contributed by atoms with Crippen molar-refractivity contribution in [1.29, 1.82) is 0 Å². The highest BCUT2D eigenvalue weighted by Crippen LogP contribution is 2.19. The second kappa shape index (κ2) is 5.93. The van der Waals surface area contributed by atoms with Gasteiger partial charge in [0.1, 0.15) is 5.82 Å². The summed E-state index contributed by atoms with van der Waals surface area (Å²) >= 11 is 3.29. The first-order valence-corrected chi connectivity index (χ1v) is 8.52. The minimum atomic E-state index is -3.24. The highest BCUT2D eigenvalue weighted by Gasteiger charge is 2.08. The summed E-state index contributed by atoms with van der Waals surface area (Å²) in [5.74, 6) is -0.306. The van der Waals surface area contributed by atoms with Crippen LogP contribution in [0.5, 0.6) is 0 Å². The number of nitrogens with one attached hydrogen (secondary N) is 1. The van der Waals surface area contributed by atoms with E-state index in [1.807, 2.05) is 0 Å². The maximum absolute atomic E-state index is 13.6. The highest BCUT2D eigenvalue weighted by molar-refractivity contribution is 9.10. The summed E-state index contributed by atoms with van der Waals surface area (Å²) in [6.45, 7) is 0.276. The van der Waals surface area contributed by atoms with Crippen LogP contribution in [0.4, 0.5) is 10.1 Å². The Kier molecular flexibility index (Phi) is 4.45. The van der Waals surface area contributed by atoms with Crippen molar-refractivity contribution >= 4 is 31.5 Å². The summed E-state index contributed by atoms with van der Waals surface area (Å²) < 4.78 is 37.3. The number of anilines is 1. The standard InChI is InChI=1S/C14H13BrFNO2S/c1-20(18,19)13-4-2-3-12(8-13)17-9-10-7-11(15)5-6-14(10)16/h2-8,17H,9H2,1H3. The fraction of sp³-hybridized carbons (Fsp3) is 0.143. The number of hydrogen-bond acceptors (Lipinski definition) is 3. The monoisotopic (exact) mass is 357 g/mol. The first kappa shape index (κ1) is 15.0. The minimum absolute atomic E-state index is 0.234. The fourth-order valence-corrected chi connectivity index (χ4v) is 2.79. The van der Waals surface area contributed by atoms with E-state index in [1.165, 1.54) is 18.2 Å². The van der Waals surface area contributed by atoms with E-state index in [0.717, 1.165) is 10.7 Å². The van der Waals surface area contributed by atoms with Gasteiger partial charge in [0.15, 0.2) is 9.84 Å². The lowest BCUT2D eigenvalue weighted by Crippen LogP contribution is -2.03. The van der Waals surface area contributed by atoms with Crippen molar-refractivity contribution in [2.24, 2.45) is 0 Å². The van der Waals surface area contributed by atoms with E-state index in [1.54, 1.807) is 24.3 Å². The van der Waals surface area contributed by atoms with Crippen LogP contribution < -0.4 is 5.32 Å². The maximum atomic E-state index is 13.6. The molecule has 6 heteroatoms. The normalized spacial score (nSPS) is 11.3. The van der Waals surface area contributed by atoms with Gasteiger partial charge in [-0.25, -0.2) is 12.8 Å². The van der Waals surface area contributed by atoms with E-state index in [9.17, 15) is 12.8 Å². The van der Waals surface area contributed by atoms with Crippen LogP contribution in [0.1, 0.15) is 5.56 Å². The molecule has 0 heterocycles. The number of halogens is 2. The van der Waals surface area contributed by atoms with Gasteiger partial charge < -0.3 is 5.32 Å². The minimum Gasteiger partial charge on any atom is -0.381 e. The molecule has 0 fully saturated rings. The van der Waals surface area contributed by atoms with Gasteiger partial charge in [0.2, 0.25) is 0 Å². The van der Waals surface area contributed by atoms with E-state index in [4.69, 9.17) is 0 Å². The van der Waals surface area contributed by atoms with Crippen molar-refractivity contribution in [2.45, 2.75) is 11.4 Å². The Hall–Kier alpha value is -1.40. The fourth-order valence-electron chi connectivity index (χ4n) is 1.71. The molecule has 0 amide bonds. The maximum Gasteiger partial charge on any atom is 0.175 e. The molecule has 0 aliphatic carbocycles. The molecule has 1 N–H and O–H groups in total. The smallest absolute Gasteiger partial charge is 0.175 e. The number of rotatable bonds is 4. The van der Waals surface area contributed by atoms with Crippen LogP contribution in [0, 0.1) is 5.82 Å². The van der Waals surface area contributed by atoms with Crippen molar-refractivity contribution in [2.75, 3.05) is 11.6 Å². The average molecular weight is 358 g/mol. The van der Waals surface area contributed by atoms with Crippen molar-refractivity contribution in [3.05, 3.63) is 58.3 Å². The zero-order chi connectivity index (χ0) is 14.8. The predicted molar refractivity (Wildman–Crippen MR) is 81.0 cm³/mol. The number of benzene rings is 2. The molecule has 2 rings (SSSR count). The Bertz CT molecular complexity index is 732. The molecule has 0 saturated heterocycles. The molecule has 0 aliphatic rings. The van der Waals surface area contributed by atoms with Gasteiger partial charge in [-0.05, 0) is 36.4 Å². The van der Waals surface area contributed by atoms with Gasteiger partial charge in [-0.15, -0.1) is 0 Å². The lowest BCUT2D eigenvalue weighted by Gasteiger charge is -2.09. The third kappa shape index (κ3) is 3.80. The third-order valence-corrected chi connectivity index (χ3v) is 4.36. The number of hydrogen-bond donors (Lipinski definition) is 1. The van der Waals surface area contributed by atoms with Crippen LogP contribution in [0.15, 0.2) is 51.8 Å². The molecule has 0 spiro atoms. The highest BCUT2D eigenvalue weighted by atomic mass is 79.9. The van der Waals surface area contributed by atoms with Crippen LogP contribution in [0.3, 0.4) is 0 Å². The van der Waals surface area contributed by atoms with Gasteiger partial charge in [-0.3, -0.25) is 0 Å². The van der Waals surface area contributed by atoms with Gasteiger partial charge >= 0.3 is 0 Å². The van der Waals surface area contributed by atoms with Gasteiger partial charge in [0.25, 0.3) is 0 Å². The summed E-state index contributed by atoms with van der Waals surface area (Å²) in [5.41, 5.74) is 1.14. The second-order valence-electron chi connectivity index (χ2n) is 4.39. The first-order valence-electron chi connectivity index (χ1n) is 5.84. The van der Waals surface area contributed by atoms with E-state index in [2.05, 4.69) is 21.2 Å². The lowest BCUT2D eigenvalue weighted by atomic mass is 10.2. The SMILES string of the molecule is CS(=O)(=O)c1cccc(NCc2cc(Br)ccc2F)c1. The van der Waals surface area contributed by atoms with Crippen molar-refractivity contribution in [1.82, 2.24) is 0 Å². The van der Waals surface area contributed by atoms with Crippen LogP contribution in [-0.4, -0.2) is 14.7 Å². The van der Waals surface area contributed by atoms with Crippen LogP contribution >= 0.6 is 15.9 Å². The van der Waals surface area contributed by atoms with E-state index >= 15 is 0 Å². The largest absolute Gasteiger partial charge is 0.381 e. The van der Waals surface area contributed by atoms with Gasteiger partial charge in [-0.1, -0.05) is 22.0 Å². The molecule has 3 nitrogen and oxygen atoms in total. The molecular formula is C14H13BrFNO2S. The molecule has 106 valence electrons. The Balaban J connectivity index is 2.17. The third-order valence-electron chi connectivity index (χ3n) is 2.75. The van der Waals surface area contributed by atoms with Crippen LogP contribution in [-0.2, 0) is 16.4 Å². The number of sulfone groups is 1. The summed E-state index contributed by atoms with van der Waals surface area (Å²) in [4.78, 5) is 0.234.